The summed E-state index contributed by atoms with van der Waals surface area (Å²) in [6, 6.07) is 14.3. The van der Waals surface area contributed by atoms with Gasteiger partial charge in [0.25, 0.3) is 0 Å². The SMILES string of the molecule is CC.Cc1ccc2c(Cl)nc3ccccc3c2c1. The fourth-order valence-corrected chi connectivity index (χ4v) is 2.28. The van der Waals surface area contributed by atoms with Crippen molar-refractivity contribution in [3.63, 3.8) is 0 Å². The summed E-state index contributed by atoms with van der Waals surface area (Å²) in [5.74, 6) is 0. The summed E-state index contributed by atoms with van der Waals surface area (Å²) in [6.45, 7) is 6.09. The first-order valence-corrected chi connectivity index (χ1v) is 6.58. The molecule has 1 nitrogen and oxygen atoms in total. The minimum Gasteiger partial charge on any atom is -0.235 e. The van der Waals surface area contributed by atoms with Gasteiger partial charge in [0.15, 0.2) is 0 Å². The molecule has 1 heterocycles. The van der Waals surface area contributed by atoms with E-state index in [1.54, 1.807) is 0 Å². The van der Waals surface area contributed by atoms with Crippen molar-refractivity contribution in [2.24, 2.45) is 0 Å². The molecule has 92 valence electrons. The summed E-state index contributed by atoms with van der Waals surface area (Å²) < 4.78 is 0. The highest BCUT2D eigenvalue weighted by atomic mass is 35.5. The van der Waals surface area contributed by atoms with Gasteiger partial charge in [-0.1, -0.05) is 67.4 Å². The molecule has 0 atom stereocenters. The number of fused-ring (bicyclic) bond motifs is 3. The highest BCUT2D eigenvalue weighted by molar-refractivity contribution is 6.35. The van der Waals surface area contributed by atoms with Crippen LogP contribution in [-0.2, 0) is 0 Å². The van der Waals surface area contributed by atoms with Gasteiger partial charge in [0.05, 0.1) is 5.52 Å². The van der Waals surface area contributed by atoms with Gasteiger partial charge in [-0.3, -0.25) is 0 Å². The third kappa shape index (κ3) is 2.19. The molecule has 0 N–H and O–H groups in total. The normalized spacial score (nSPS) is 10.2. The Morgan fingerprint density at radius 3 is 2.39 bits per heavy atom. The van der Waals surface area contributed by atoms with E-state index in [1.165, 1.54) is 10.9 Å². The minimum absolute atomic E-state index is 0.578. The summed E-state index contributed by atoms with van der Waals surface area (Å²) in [7, 11) is 0. The van der Waals surface area contributed by atoms with Crippen molar-refractivity contribution in [1.82, 2.24) is 4.98 Å². The number of pyridine rings is 1. The molecule has 0 fully saturated rings. The maximum Gasteiger partial charge on any atom is 0.137 e. The number of nitrogens with zero attached hydrogens (tertiary/aromatic N) is 1. The van der Waals surface area contributed by atoms with Gasteiger partial charge in [-0.15, -0.1) is 0 Å². The Kier molecular flexibility index (Phi) is 3.83. The van der Waals surface area contributed by atoms with Crippen LogP contribution >= 0.6 is 11.6 Å². The lowest BCUT2D eigenvalue weighted by Crippen LogP contribution is -1.85. The lowest BCUT2D eigenvalue weighted by molar-refractivity contribution is 1.43. The maximum absolute atomic E-state index is 6.18. The summed E-state index contributed by atoms with van der Waals surface area (Å²) in [5.41, 5.74) is 2.19. The van der Waals surface area contributed by atoms with Gasteiger partial charge >= 0.3 is 0 Å². The summed E-state index contributed by atoms with van der Waals surface area (Å²) in [4.78, 5) is 4.40. The molecule has 0 saturated heterocycles. The van der Waals surface area contributed by atoms with E-state index in [4.69, 9.17) is 11.6 Å². The molecule has 0 aliphatic heterocycles. The summed E-state index contributed by atoms with van der Waals surface area (Å²) >= 11 is 6.18. The smallest absolute Gasteiger partial charge is 0.137 e. The van der Waals surface area contributed by atoms with E-state index >= 15 is 0 Å². The zero-order valence-electron chi connectivity index (χ0n) is 10.9. The number of hydrogen-bond acceptors (Lipinski definition) is 1. The molecule has 1 aromatic heterocycles. The molecular formula is C16H16ClN. The largest absolute Gasteiger partial charge is 0.235 e. The number of halogens is 1. The molecule has 0 radical (unpaired) electrons. The van der Waals surface area contributed by atoms with Crippen LogP contribution in [0.15, 0.2) is 42.5 Å². The molecule has 18 heavy (non-hydrogen) atoms. The fraction of sp³-hybridized carbons (Fsp3) is 0.188. The molecule has 0 unspecified atom stereocenters. The molecule has 0 amide bonds. The van der Waals surface area contributed by atoms with E-state index in [9.17, 15) is 0 Å². The second kappa shape index (κ2) is 5.36. The second-order valence-corrected chi connectivity index (χ2v) is 4.33. The van der Waals surface area contributed by atoms with E-state index in [0.29, 0.717) is 5.15 Å². The average Bonchev–Trinajstić information content (AvgIpc) is 2.41. The predicted molar refractivity (Wildman–Crippen MR) is 80.3 cm³/mol. The van der Waals surface area contributed by atoms with Gasteiger partial charge in [0.2, 0.25) is 0 Å². The molecule has 0 bridgehead atoms. The summed E-state index contributed by atoms with van der Waals surface area (Å²) in [5, 5.41) is 3.93. The quantitative estimate of drug-likeness (QED) is 0.389. The van der Waals surface area contributed by atoms with Crippen LogP contribution in [0.1, 0.15) is 19.4 Å². The molecule has 0 aliphatic carbocycles. The highest BCUT2D eigenvalue weighted by Crippen LogP contribution is 2.29. The Bertz CT molecular complexity index is 689. The Morgan fingerprint density at radius 1 is 0.889 bits per heavy atom. The minimum atomic E-state index is 0.578. The molecule has 0 aliphatic rings. The van der Waals surface area contributed by atoms with Crippen LogP contribution in [0.2, 0.25) is 5.15 Å². The number of aromatic nitrogens is 1. The first-order chi connectivity index (χ1) is 8.75. The Morgan fingerprint density at radius 2 is 1.61 bits per heavy atom. The van der Waals surface area contributed by atoms with Crippen LogP contribution in [0.3, 0.4) is 0 Å². The number of hydrogen-bond donors (Lipinski definition) is 0. The van der Waals surface area contributed by atoms with Gasteiger partial charge in [0, 0.05) is 10.8 Å². The Hall–Kier alpha value is -1.60. The van der Waals surface area contributed by atoms with Crippen LogP contribution in [0, 0.1) is 6.92 Å². The van der Waals surface area contributed by atoms with Gasteiger partial charge in [-0.25, -0.2) is 4.98 Å². The molecule has 2 heteroatoms. The van der Waals surface area contributed by atoms with Crippen LogP contribution in [0.4, 0.5) is 0 Å². The van der Waals surface area contributed by atoms with Gasteiger partial charge < -0.3 is 0 Å². The highest BCUT2D eigenvalue weighted by Gasteiger charge is 2.05. The van der Waals surface area contributed by atoms with Crippen molar-refractivity contribution in [2.45, 2.75) is 20.8 Å². The van der Waals surface area contributed by atoms with E-state index in [0.717, 1.165) is 16.3 Å². The molecule has 3 rings (SSSR count). The first kappa shape index (κ1) is 12.8. The molecular weight excluding hydrogens is 242 g/mol. The van der Waals surface area contributed by atoms with Crippen molar-refractivity contribution in [3.8, 4) is 0 Å². The van der Waals surface area contributed by atoms with Crippen LogP contribution in [0.25, 0.3) is 21.7 Å². The Labute approximate surface area is 112 Å². The third-order valence-electron chi connectivity index (χ3n) is 2.81. The maximum atomic E-state index is 6.18. The first-order valence-electron chi connectivity index (χ1n) is 6.20. The molecule has 3 aromatic rings. The second-order valence-electron chi connectivity index (χ2n) is 3.97. The number of aryl methyl sites for hydroxylation is 1. The van der Waals surface area contributed by atoms with Crippen LogP contribution in [0.5, 0.6) is 0 Å². The van der Waals surface area contributed by atoms with E-state index in [2.05, 4.69) is 30.1 Å². The monoisotopic (exact) mass is 257 g/mol. The van der Waals surface area contributed by atoms with E-state index in [1.807, 2.05) is 38.1 Å². The standard InChI is InChI=1S/C14H10ClN.C2H6/c1-9-6-7-11-12(8-9)10-4-2-3-5-13(10)16-14(11)15;1-2/h2-8H,1H3;1-2H3. The number of rotatable bonds is 0. The lowest BCUT2D eigenvalue weighted by atomic mass is 10.0. The van der Waals surface area contributed by atoms with Crippen LogP contribution < -0.4 is 0 Å². The van der Waals surface area contributed by atoms with Crippen molar-refractivity contribution in [1.29, 1.82) is 0 Å². The topological polar surface area (TPSA) is 12.9 Å². The fourth-order valence-electron chi connectivity index (χ4n) is 2.03. The van der Waals surface area contributed by atoms with Crippen molar-refractivity contribution >= 4 is 33.3 Å². The summed E-state index contributed by atoms with van der Waals surface area (Å²) in [6.07, 6.45) is 0. The zero-order valence-corrected chi connectivity index (χ0v) is 11.6. The van der Waals surface area contributed by atoms with Crippen molar-refractivity contribution < 1.29 is 0 Å². The van der Waals surface area contributed by atoms with Gasteiger partial charge in [-0.05, 0) is 18.4 Å². The predicted octanol–water partition coefficient (Wildman–Crippen LogP) is 5.38. The molecule has 0 spiro atoms. The van der Waals surface area contributed by atoms with Crippen molar-refractivity contribution in [3.05, 3.63) is 53.2 Å². The van der Waals surface area contributed by atoms with E-state index < -0.39 is 0 Å². The molecule has 2 aromatic carbocycles. The van der Waals surface area contributed by atoms with E-state index in [-0.39, 0.29) is 0 Å². The number of para-hydroxylation sites is 1. The van der Waals surface area contributed by atoms with Gasteiger partial charge in [0.1, 0.15) is 5.15 Å². The molecule has 0 saturated carbocycles. The Balaban J connectivity index is 0.000000574. The number of benzene rings is 2. The lowest BCUT2D eigenvalue weighted by Gasteiger charge is -2.05. The zero-order chi connectivity index (χ0) is 13.1. The van der Waals surface area contributed by atoms with Crippen molar-refractivity contribution in [2.75, 3.05) is 0 Å². The average molecular weight is 258 g/mol. The van der Waals surface area contributed by atoms with Crippen LogP contribution in [-0.4, -0.2) is 4.98 Å². The van der Waals surface area contributed by atoms with Gasteiger partial charge in [-0.2, -0.15) is 0 Å². The third-order valence-corrected chi connectivity index (χ3v) is 3.10.